The monoisotopic (exact) mass is 444 g/mol. The van der Waals surface area contributed by atoms with E-state index in [0.717, 1.165) is 5.56 Å². The van der Waals surface area contributed by atoms with Crippen LogP contribution in [0.15, 0.2) is 84.4 Å². The third-order valence-electron chi connectivity index (χ3n) is 5.50. The molecule has 1 aliphatic rings. The number of carbonyl (C=O) groups excluding carboxylic acids is 2. The van der Waals surface area contributed by atoms with Gasteiger partial charge in [-0.15, -0.1) is 0 Å². The van der Waals surface area contributed by atoms with Crippen LogP contribution in [0.5, 0.6) is 5.75 Å². The lowest BCUT2D eigenvalue weighted by Gasteiger charge is -2.25. The van der Waals surface area contributed by atoms with Gasteiger partial charge in [-0.05, 0) is 35.4 Å². The number of hydrogen-bond donors (Lipinski definition) is 1. The average Bonchev–Trinajstić information content (AvgIpc) is 3.09. The van der Waals surface area contributed by atoms with E-state index in [9.17, 15) is 24.8 Å². The minimum Gasteiger partial charge on any atom is -0.507 e. The summed E-state index contributed by atoms with van der Waals surface area (Å²) in [5, 5.41) is 22.2. The lowest BCUT2D eigenvalue weighted by molar-refractivity contribution is -0.384. The SMILES string of the molecule is COc1cccc(C(O)=C2C(=O)C(=O)N(Cc3ccccc3)C2c2ccc([N+](=O)[O-])cc2)c1. The topological polar surface area (TPSA) is 110 Å². The van der Waals surface area contributed by atoms with Crippen LogP contribution in [0.1, 0.15) is 22.7 Å². The van der Waals surface area contributed by atoms with Gasteiger partial charge in [0, 0.05) is 24.2 Å². The van der Waals surface area contributed by atoms with Gasteiger partial charge >= 0.3 is 0 Å². The predicted octanol–water partition coefficient (Wildman–Crippen LogP) is 4.23. The second-order valence-corrected chi connectivity index (χ2v) is 7.49. The summed E-state index contributed by atoms with van der Waals surface area (Å²) >= 11 is 0. The third-order valence-corrected chi connectivity index (χ3v) is 5.50. The number of benzene rings is 3. The van der Waals surface area contributed by atoms with Crippen LogP contribution >= 0.6 is 0 Å². The molecule has 8 nitrogen and oxygen atoms in total. The summed E-state index contributed by atoms with van der Waals surface area (Å²) in [6, 6.07) is 20.3. The van der Waals surface area contributed by atoms with Crippen molar-refractivity contribution in [3.63, 3.8) is 0 Å². The molecular weight excluding hydrogens is 424 g/mol. The van der Waals surface area contributed by atoms with E-state index < -0.39 is 22.7 Å². The van der Waals surface area contributed by atoms with Crippen molar-refractivity contribution in [1.82, 2.24) is 4.90 Å². The zero-order valence-electron chi connectivity index (χ0n) is 17.7. The Morgan fingerprint density at radius 1 is 1.03 bits per heavy atom. The Morgan fingerprint density at radius 3 is 2.36 bits per heavy atom. The number of aliphatic hydroxyl groups excluding tert-OH is 1. The van der Waals surface area contributed by atoms with Gasteiger partial charge in [-0.25, -0.2) is 0 Å². The number of carbonyl (C=O) groups is 2. The van der Waals surface area contributed by atoms with E-state index >= 15 is 0 Å². The van der Waals surface area contributed by atoms with Gasteiger partial charge in [0.2, 0.25) is 0 Å². The smallest absolute Gasteiger partial charge is 0.295 e. The zero-order valence-corrected chi connectivity index (χ0v) is 17.7. The fourth-order valence-corrected chi connectivity index (χ4v) is 3.87. The van der Waals surface area contributed by atoms with E-state index in [1.807, 2.05) is 30.3 Å². The number of rotatable bonds is 6. The second kappa shape index (κ2) is 8.96. The van der Waals surface area contributed by atoms with Crippen molar-refractivity contribution in [2.75, 3.05) is 7.11 Å². The molecule has 1 heterocycles. The first-order valence-corrected chi connectivity index (χ1v) is 10.1. The van der Waals surface area contributed by atoms with Gasteiger partial charge in [-0.3, -0.25) is 19.7 Å². The number of amides is 1. The quantitative estimate of drug-likeness (QED) is 0.200. The molecule has 0 aromatic heterocycles. The van der Waals surface area contributed by atoms with Crippen LogP contribution in [-0.2, 0) is 16.1 Å². The molecule has 1 atom stereocenters. The van der Waals surface area contributed by atoms with Gasteiger partial charge in [0.25, 0.3) is 17.4 Å². The van der Waals surface area contributed by atoms with Gasteiger partial charge in [0.15, 0.2) is 0 Å². The summed E-state index contributed by atoms with van der Waals surface area (Å²) in [7, 11) is 1.48. The zero-order chi connectivity index (χ0) is 23.5. The number of non-ortho nitro benzene ring substituents is 1. The fourth-order valence-electron chi connectivity index (χ4n) is 3.87. The molecule has 4 rings (SSSR count). The Hall–Kier alpha value is -4.46. The van der Waals surface area contributed by atoms with Crippen molar-refractivity contribution in [2.24, 2.45) is 0 Å². The number of aliphatic hydroxyl groups is 1. The Bertz CT molecular complexity index is 1250. The highest BCUT2D eigenvalue weighted by Gasteiger charge is 2.46. The Kier molecular flexibility index (Phi) is 5.91. The van der Waals surface area contributed by atoms with Crippen molar-refractivity contribution >= 4 is 23.1 Å². The van der Waals surface area contributed by atoms with Crippen molar-refractivity contribution in [3.8, 4) is 5.75 Å². The van der Waals surface area contributed by atoms with E-state index in [2.05, 4.69) is 0 Å². The molecule has 3 aromatic rings. The van der Waals surface area contributed by atoms with E-state index in [-0.39, 0.29) is 23.6 Å². The number of ether oxygens (including phenoxy) is 1. The van der Waals surface area contributed by atoms with Crippen LogP contribution < -0.4 is 4.74 Å². The standard InChI is InChI=1S/C25H20N2O6/c1-33-20-9-5-8-18(14-20)23(28)21-22(17-10-12-19(13-11-17)27(31)32)26(25(30)24(21)29)15-16-6-3-2-4-7-16/h2-14,22,28H,15H2,1H3. The van der Waals surface area contributed by atoms with Crippen molar-refractivity contribution in [2.45, 2.75) is 12.6 Å². The molecule has 0 saturated carbocycles. The first-order valence-electron chi connectivity index (χ1n) is 10.1. The molecule has 1 N–H and O–H groups in total. The molecule has 1 amide bonds. The fraction of sp³-hybridized carbons (Fsp3) is 0.120. The molecule has 3 aromatic carbocycles. The van der Waals surface area contributed by atoms with E-state index in [4.69, 9.17) is 4.74 Å². The molecule has 8 heteroatoms. The van der Waals surface area contributed by atoms with Crippen LogP contribution in [0, 0.1) is 10.1 Å². The maximum atomic E-state index is 13.1. The highest BCUT2D eigenvalue weighted by atomic mass is 16.6. The molecule has 1 aliphatic heterocycles. The Morgan fingerprint density at radius 2 is 1.73 bits per heavy atom. The maximum absolute atomic E-state index is 13.1. The Labute approximate surface area is 189 Å². The first kappa shape index (κ1) is 21.8. The number of hydrogen-bond acceptors (Lipinski definition) is 6. The molecule has 166 valence electrons. The summed E-state index contributed by atoms with van der Waals surface area (Å²) in [6.45, 7) is 0.127. The van der Waals surface area contributed by atoms with E-state index in [0.29, 0.717) is 16.9 Å². The van der Waals surface area contributed by atoms with Crippen LogP contribution in [0.4, 0.5) is 5.69 Å². The summed E-state index contributed by atoms with van der Waals surface area (Å²) in [5.41, 5.74) is 1.39. The number of Topliss-reactive ketones (excluding diaryl/α,β-unsaturated/α-hetero) is 1. The van der Waals surface area contributed by atoms with E-state index in [1.165, 1.54) is 36.3 Å². The minimum atomic E-state index is -0.919. The Balaban J connectivity index is 1.86. The number of nitrogens with zero attached hydrogens (tertiary/aromatic N) is 2. The highest BCUT2D eigenvalue weighted by molar-refractivity contribution is 6.46. The summed E-state index contributed by atoms with van der Waals surface area (Å²) in [6.07, 6.45) is 0. The van der Waals surface area contributed by atoms with Gasteiger partial charge < -0.3 is 14.7 Å². The molecule has 1 saturated heterocycles. The summed E-state index contributed by atoms with van der Waals surface area (Å²) in [5.74, 6) is -1.45. The molecule has 1 unspecified atom stereocenters. The first-order chi connectivity index (χ1) is 15.9. The lowest BCUT2D eigenvalue weighted by Crippen LogP contribution is -2.29. The number of ketones is 1. The molecule has 0 spiro atoms. The average molecular weight is 444 g/mol. The lowest BCUT2D eigenvalue weighted by atomic mass is 9.95. The predicted molar refractivity (Wildman–Crippen MR) is 120 cm³/mol. The van der Waals surface area contributed by atoms with Crippen molar-refractivity contribution < 1.29 is 24.4 Å². The number of likely N-dealkylation sites (tertiary alicyclic amines) is 1. The summed E-state index contributed by atoms with van der Waals surface area (Å²) < 4.78 is 5.20. The molecule has 1 fully saturated rings. The minimum absolute atomic E-state index is 0.0852. The van der Waals surface area contributed by atoms with Crippen LogP contribution in [0.25, 0.3) is 5.76 Å². The van der Waals surface area contributed by atoms with E-state index in [1.54, 1.807) is 24.3 Å². The van der Waals surface area contributed by atoms with Crippen molar-refractivity contribution in [1.29, 1.82) is 0 Å². The normalized spacial score (nSPS) is 17.2. The van der Waals surface area contributed by atoms with Crippen LogP contribution in [0.3, 0.4) is 0 Å². The third kappa shape index (κ3) is 4.18. The number of nitro benzene ring substituents is 1. The molecule has 0 bridgehead atoms. The molecule has 33 heavy (non-hydrogen) atoms. The molecule has 0 aliphatic carbocycles. The van der Waals surface area contributed by atoms with Crippen LogP contribution in [0.2, 0.25) is 0 Å². The molecular formula is C25H20N2O6. The van der Waals surface area contributed by atoms with Gasteiger partial charge in [0.1, 0.15) is 11.5 Å². The van der Waals surface area contributed by atoms with Gasteiger partial charge in [0.05, 0.1) is 23.6 Å². The number of nitro groups is 1. The van der Waals surface area contributed by atoms with Gasteiger partial charge in [-0.2, -0.15) is 0 Å². The van der Waals surface area contributed by atoms with Crippen LogP contribution in [-0.4, -0.2) is 33.7 Å². The largest absolute Gasteiger partial charge is 0.507 e. The molecule has 0 radical (unpaired) electrons. The second-order valence-electron chi connectivity index (χ2n) is 7.49. The highest BCUT2D eigenvalue weighted by Crippen LogP contribution is 2.41. The summed E-state index contributed by atoms with van der Waals surface area (Å²) in [4.78, 5) is 38.0. The van der Waals surface area contributed by atoms with Crippen molar-refractivity contribution in [3.05, 3.63) is 111 Å². The maximum Gasteiger partial charge on any atom is 0.295 e. The van der Waals surface area contributed by atoms with Gasteiger partial charge in [-0.1, -0.05) is 42.5 Å². The number of methoxy groups -OCH3 is 1.